The number of aromatic nitrogens is 3. The number of amides is 1. The standard InChI is InChI=1S/C22H17ClN4O2S/c1-14-9-10-24-19(11-14)27-21(29)17-7-2-3-8-18(17)26-22(27)30-13-20(28)25-16-6-4-5-15(23)12-16/h2-12H,13H2,1H3,(H,25,28). The SMILES string of the molecule is Cc1ccnc(-n2c(SCC(=O)Nc3cccc(Cl)c3)nc3ccccc3c2=O)c1. The summed E-state index contributed by atoms with van der Waals surface area (Å²) in [5, 5.41) is 4.23. The van der Waals surface area contributed by atoms with Gasteiger partial charge in [-0.3, -0.25) is 9.59 Å². The van der Waals surface area contributed by atoms with Gasteiger partial charge in [0.25, 0.3) is 5.56 Å². The molecule has 0 saturated heterocycles. The smallest absolute Gasteiger partial charge is 0.267 e. The predicted octanol–water partition coefficient (Wildman–Crippen LogP) is 4.47. The second kappa shape index (κ2) is 8.69. The van der Waals surface area contributed by atoms with Crippen molar-refractivity contribution in [3.8, 4) is 5.82 Å². The van der Waals surface area contributed by atoms with Crippen molar-refractivity contribution in [2.75, 3.05) is 11.1 Å². The van der Waals surface area contributed by atoms with Gasteiger partial charge >= 0.3 is 0 Å². The van der Waals surface area contributed by atoms with E-state index in [0.717, 1.165) is 5.56 Å². The molecule has 2 heterocycles. The molecule has 2 aromatic carbocycles. The maximum Gasteiger partial charge on any atom is 0.267 e. The number of fused-ring (bicyclic) bond motifs is 1. The van der Waals surface area contributed by atoms with E-state index in [0.29, 0.717) is 32.6 Å². The molecule has 0 atom stereocenters. The summed E-state index contributed by atoms with van der Waals surface area (Å²) in [6, 6.07) is 17.7. The molecule has 8 heteroatoms. The fraction of sp³-hybridized carbons (Fsp3) is 0.0909. The highest BCUT2D eigenvalue weighted by Crippen LogP contribution is 2.22. The fourth-order valence-electron chi connectivity index (χ4n) is 2.95. The quantitative estimate of drug-likeness (QED) is 0.369. The Morgan fingerprint density at radius 2 is 1.97 bits per heavy atom. The first kappa shape index (κ1) is 20.1. The number of aryl methyl sites for hydroxylation is 1. The first-order valence-electron chi connectivity index (χ1n) is 9.14. The number of carbonyl (C=O) groups excluding carboxylic acids is 1. The van der Waals surface area contributed by atoms with Crippen LogP contribution in [0.1, 0.15) is 5.56 Å². The van der Waals surface area contributed by atoms with E-state index < -0.39 is 0 Å². The number of benzene rings is 2. The summed E-state index contributed by atoms with van der Waals surface area (Å²) in [4.78, 5) is 34.6. The van der Waals surface area contributed by atoms with Crippen molar-refractivity contribution in [3.63, 3.8) is 0 Å². The van der Waals surface area contributed by atoms with Gasteiger partial charge in [-0.15, -0.1) is 0 Å². The van der Waals surface area contributed by atoms with E-state index >= 15 is 0 Å². The zero-order chi connectivity index (χ0) is 21.1. The minimum Gasteiger partial charge on any atom is -0.325 e. The predicted molar refractivity (Wildman–Crippen MR) is 121 cm³/mol. The van der Waals surface area contributed by atoms with Crippen molar-refractivity contribution in [2.45, 2.75) is 12.1 Å². The van der Waals surface area contributed by atoms with Crippen LogP contribution in [0.4, 0.5) is 5.69 Å². The Labute approximate surface area is 181 Å². The number of hydrogen-bond acceptors (Lipinski definition) is 5. The van der Waals surface area contributed by atoms with E-state index in [4.69, 9.17) is 11.6 Å². The van der Waals surface area contributed by atoms with Crippen LogP contribution in [0.25, 0.3) is 16.7 Å². The summed E-state index contributed by atoms with van der Waals surface area (Å²) in [5.41, 5.74) is 1.92. The second-order valence-electron chi connectivity index (χ2n) is 6.59. The Kier molecular flexibility index (Phi) is 5.83. The summed E-state index contributed by atoms with van der Waals surface area (Å²) < 4.78 is 1.45. The van der Waals surface area contributed by atoms with E-state index in [2.05, 4.69) is 15.3 Å². The molecule has 0 aliphatic heterocycles. The Hall–Kier alpha value is -3.16. The molecule has 30 heavy (non-hydrogen) atoms. The van der Waals surface area contributed by atoms with Gasteiger partial charge in [-0.05, 0) is 55.0 Å². The van der Waals surface area contributed by atoms with Crippen LogP contribution >= 0.6 is 23.4 Å². The minimum atomic E-state index is -0.228. The van der Waals surface area contributed by atoms with Crippen molar-refractivity contribution in [3.05, 3.63) is 87.8 Å². The van der Waals surface area contributed by atoms with Crippen molar-refractivity contribution in [2.24, 2.45) is 0 Å². The van der Waals surface area contributed by atoms with E-state index in [1.165, 1.54) is 16.3 Å². The van der Waals surface area contributed by atoms with Crippen LogP contribution in [-0.2, 0) is 4.79 Å². The number of pyridine rings is 1. The molecule has 4 aromatic rings. The van der Waals surface area contributed by atoms with E-state index in [-0.39, 0.29) is 17.2 Å². The molecule has 6 nitrogen and oxygen atoms in total. The van der Waals surface area contributed by atoms with Crippen molar-refractivity contribution in [1.82, 2.24) is 14.5 Å². The average molecular weight is 437 g/mol. The third-order valence-electron chi connectivity index (χ3n) is 4.32. The summed E-state index contributed by atoms with van der Waals surface area (Å²) in [5.74, 6) is 0.313. The van der Waals surface area contributed by atoms with Crippen LogP contribution in [0, 0.1) is 6.92 Å². The third kappa shape index (κ3) is 4.37. The maximum atomic E-state index is 13.2. The summed E-state index contributed by atoms with van der Waals surface area (Å²) in [7, 11) is 0. The van der Waals surface area contributed by atoms with Crippen molar-refractivity contribution >= 4 is 45.9 Å². The molecule has 0 aliphatic carbocycles. The molecular weight excluding hydrogens is 420 g/mol. The molecule has 1 N–H and O–H groups in total. The molecule has 0 fully saturated rings. The summed E-state index contributed by atoms with van der Waals surface area (Å²) in [6.07, 6.45) is 1.65. The number of hydrogen-bond donors (Lipinski definition) is 1. The second-order valence-corrected chi connectivity index (χ2v) is 7.97. The number of thioether (sulfide) groups is 1. The van der Waals surface area contributed by atoms with Gasteiger partial charge < -0.3 is 5.32 Å². The molecule has 0 radical (unpaired) electrons. The summed E-state index contributed by atoms with van der Waals surface area (Å²) >= 11 is 7.14. The Morgan fingerprint density at radius 3 is 2.77 bits per heavy atom. The molecule has 0 spiro atoms. The Morgan fingerprint density at radius 1 is 1.13 bits per heavy atom. The zero-order valence-electron chi connectivity index (χ0n) is 16.0. The van der Waals surface area contributed by atoms with E-state index in [9.17, 15) is 9.59 Å². The highest BCUT2D eigenvalue weighted by atomic mass is 35.5. The lowest BCUT2D eigenvalue weighted by Gasteiger charge is -2.13. The van der Waals surface area contributed by atoms with Crippen LogP contribution < -0.4 is 10.9 Å². The van der Waals surface area contributed by atoms with Crippen LogP contribution in [0.3, 0.4) is 0 Å². The number of halogens is 1. The fourth-order valence-corrected chi connectivity index (χ4v) is 3.94. The van der Waals surface area contributed by atoms with E-state index in [1.807, 2.05) is 25.1 Å². The number of rotatable bonds is 5. The molecule has 0 saturated carbocycles. The summed E-state index contributed by atoms with van der Waals surface area (Å²) in [6.45, 7) is 1.93. The normalized spacial score (nSPS) is 10.9. The third-order valence-corrected chi connectivity index (χ3v) is 5.49. The van der Waals surface area contributed by atoms with Gasteiger partial charge in [0.05, 0.1) is 16.7 Å². The highest BCUT2D eigenvalue weighted by molar-refractivity contribution is 7.99. The molecular formula is C22H17ClN4O2S. The Balaban J connectivity index is 1.68. The highest BCUT2D eigenvalue weighted by Gasteiger charge is 2.16. The van der Waals surface area contributed by atoms with Gasteiger partial charge in [-0.2, -0.15) is 0 Å². The van der Waals surface area contributed by atoms with Gasteiger partial charge in [-0.1, -0.05) is 41.6 Å². The van der Waals surface area contributed by atoms with Crippen molar-refractivity contribution < 1.29 is 4.79 Å². The van der Waals surface area contributed by atoms with Crippen LogP contribution in [-0.4, -0.2) is 26.2 Å². The molecule has 150 valence electrons. The van der Waals surface area contributed by atoms with Crippen LogP contribution in [0.2, 0.25) is 5.02 Å². The maximum absolute atomic E-state index is 13.2. The lowest BCUT2D eigenvalue weighted by Crippen LogP contribution is -2.23. The number of nitrogens with zero attached hydrogens (tertiary/aromatic N) is 3. The zero-order valence-corrected chi connectivity index (χ0v) is 17.6. The van der Waals surface area contributed by atoms with Crippen LogP contribution in [0.5, 0.6) is 0 Å². The first-order valence-corrected chi connectivity index (χ1v) is 10.5. The molecule has 4 rings (SSSR count). The lowest BCUT2D eigenvalue weighted by atomic mass is 10.2. The van der Waals surface area contributed by atoms with Crippen LogP contribution in [0.15, 0.2) is 76.8 Å². The minimum absolute atomic E-state index is 0.0725. The topological polar surface area (TPSA) is 76.9 Å². The monoisotopic (exact) mass is 436 g/mol. The number of anilines is 1. The van der Waals surface area contributed by atoms with Gasteiger partial charge in [0.15, 0.2) is 5.16 Å². The molecule has 0 bridgehead atoms. The van der Waals surface area contributed by atoms with Gasteiger partial charge in [0.1, 0.15) is 5.82 Å². The molecule has 1 amide bonds. The first-order chi connectivity index (χ1) is 14.5. The molecule has 0 unspecified atom stereocenters. The largest absolute Gasteiger partial charge is 0.325 e. The van der Waals surface area contributed by atoms with Gasteiger partial charge in [-0.25, -0.2) is 14.5 Å². The molecule has 2 aromatic heterocycles. The number of para-hydroxylation sites is 1. The Bertz CT molecular complexity index is 1310. The lowest BCUT2D eigenvalue weighted by molar-refractivity contribution is -0.113. The van der Waals surface area contributed by atoms with E-state index in [1.54, 1.807) is 48.7 Å². The average Bonchev–Trinajstić information content (AvgIpc) is 2.72. The van der Waals surface area contributed by atoms with Crippen molar-refractivity contribution in [1.29, 1.82) is 0 Å². The number of nitrogens with one attached hydrogen (secondary N) is 1. The molecule has 0 aliphatic rings. The van der Waals surface area contributed by atoms with Gasteiger partial charge in [0, 0.05) is 16.9 Å². The number of carbonyl (C=O) groups is 1. The van der Waals surface area contributed by atoms with Gasteiger partial charge in [0.2, 0.25) is 5.91 Å².